The maximum Gasteiger partial charge on any atom is 0.251 e. The minimum Gasteiger partial charge on any atom is -0.366 e. The van der Waals surface area contributed by atoms with Gasteiger partial charge in [0.25, 0.3) is 5.91 Å². The van der Waals surface area contributed by atoms with Crippen LogP contribution in [0.4, 0.5) is 13.2 Å². The van der Waals surface area contributed by atoms with E-state index in [0.717, 1.165) is 12.1 Å². The number of pyridine rings is 1. The topological polar surface area (TPSA) is 85.1 Å². The number of nitrogens with zero attached hydrogens (tertiary/aromatic N) is 1. The van der Waals surface area contributed by atoms with Crippen molar-refractivity contribution in [3.63, 3.8) is 0 Å². The number of hydrogen-bond donors (Lipinski definition) is 2. The lowest BCUT2D eigenvalue weighted by Gasteiger charge is -2.22. The molecule has 0 aliphatic heterocycles. The highest BCUT2D eigenvalue weighted by Crippen LogP contribution is 2.30. The quantitative estimate of drug-likeness (QED) is 0.573. The Morgan fingerprint density at radius 3 is 2.34 bits per heavy atom. The lowest BCUT2D eigenvalue weighted by Crippen LogP contribution is -2.34. The van der Waals surface area contributed by atoms with Crippen LogP contribution in [0.5, 0.6) is 0 Å². The maximum absolute atomic E-state index is 14.0. The molecule has 32 heavy (non-hydrogen) atoms. The number of primary amides is 1. The smallest absolute Gasteiger partial charge is 0.251 e. The normalized spacial score (nSPS) is 11.9. The summed E-state index contributed by atoms with van der Waals surface area (Å²) in [5, 5.41) is 2.87. The van der Waals surface area contributed by atoms with Gasteiger partial charge in [-0.2, -0.15) is 0 Å². The third kappa shape index (κ3) is 5.32. The second-order valence-corrected chi connectivity index (χ2v) is 7.69. The molecule has 2 aromatic carbocycles. The Bertz CT molecular complexity index is 1140. The first-order valence-corrected chi connectivity index (χ1v) is 9.95. The summed E-state index contributed by atoms with van der Waals surface area (Å²) in [6.07, 6.45) is 1.57. The molecule has 5 nitrogen and oxygen atoms in total. The first-order chi connectivity index (χ1) is 15.2. The summed E-state index contributed by atoms with van der Waals surface area (Å²) in [5.74, 6) is -3.78. The van der Waals surface area contributed by atoms with Crippen LogP contribution in [0.1, 0.15) is 41.5 Å². The summed E-state index contributed by atoms with van der Waals surface area (Å²) in [6, 6.07) is 9.62. The van der Waals surface area contributed by atoms with Gasteiger partial charge >= 0.3 is 0 Å². The zero-order chi connectivity index (χ0) is 23.4. The average Bonchev–Trinajstić information content (AvgIpc) is 2.72. The SMILES string of the molecule is CC(C)C(=O)NC(Cc1cc(F)cc(F)c1)c1ncccc1-c1ccc(F)c(C(N)=O)c1. The Kier molecular flexibility index (Phi) is 6.92. The Morgan fingerprint density at radius 1 is 1.03 bits per heavy atom. The van der Waals surface area contributed by atoms with Crippen LogP contribution in [0.25, 0.3) is 11.1 Å². The van der Waals surface area contributed by atoms with Gasteiger partial charge in [0.2, 0.25) is 5.91 Å². The molecule has 0 aliphatic rings. The Balaban J connectivity index is 2.10. The molecule has 8 heteroatoms. The number of benzene rings is 2. The standard InChI is InChI=1S/C24H22F3N3O2/c1-13(2)24(32)30-21(10-14-8-16(25)12-17(26)9-14)22-18(4-3-7-29-22)15-5-6-20(27)19(11-15)23(28)31/h3-9,11-13,21H,10H2,1-2H3,(H2,28,31)(H,30,32). The summed E-state index contributed by atoms with van der Waals surface area (Å²) in [7, 11) is 0. The number of nitrogens with two attached hydrogens (primary N) is 1. The van der Waals surface area contributed by atoms with E-state index in [1.165, 1.54) is 30.5 Å². The number of halogens is 3. The molecule has 1 atom stereocenters. The van der Waals surface area contributed by atoms with Crippen LogP contribution in [0.3, 0.4) is 0 Å². The molecule has 3 aromatic rings. The molecule has 3 N–H and O–H groups in total. The van der Waals surface area contributed by atoms with Crippen molar-refractivity contribution in [1.82, 2.24) is 10.3 Å². The van der Waals surface area contributed by atoms with Gasteiger partial charge in [0.05, 0.1) is 17.3 Å². The van der Waals surface area contributed by atoms with Crippen molar-refractivity contribution in [2.45, 2.75) is 26.3 Å². The highest BCUT2D eigenvalue weighted by Gasteiger charge is 2.23. The Morgan fingerprint density at radius 2 is 1.72 bits per heavy atom. The summed E-state index contributed by atoms with van der Waals surface area (Å²) < 4.78 is 41.5. The fraction of sp³-hybridized carbons (Fsp3) is 0.208. The first kappa shape index (κ1) is 23.0. The highest BCUT2D eigenvalue weighted by atomic mass is 19.1. The van der Waals surface area contributed by atoms with Crippen LogP contribution in [0.2, 0.25) is 0 Å². The second kappa shape index (κ2) is 9.64. The van der Waals surface area contributed by atoms with E-state index < -0.39 is 29.4 Å². The molecule has 0 saturated heterocycles. The van der Waals surface area contributed by atoms with Gasteiger partial charge in [-0.05, 0) is 47.9 Å². The fourth-order valence-corrected chi connectivity index (χ4v) is 3.34. The molecule has 0 spiro atoms. The van der Waals surface area contributed by atoms with E-state index in [1.54, 1.807) is 26.0 Å². The largest absolute Gasteiger partial charge is 0.366 e. The first-order valence-electron chi connectivity index (χ1n) is 9.95. The van der Waals surface area contributed by atoms with Crippen molar-refractivity contribution in [3.8, 4) is 11.1 Å². The molecule has 166 valence electrons. The van der Waals surface area contributed by atoms with Crippen molar-refractivity contribution in [1.29, 1.82) is 0 Å². The molecular weight excluding hydrogens is 419 g/mol. The van der Waals surface area contributed by atoms with Crippen LogP contribution < -0.4 is 11.1 Å². The predicted octanol–water partition coefficient (Wildman–Crippen LogP) is 4.32. The van der Waals surface area contributed by atoms with E-state index in [2.05, 4.69) is 10.3 Å². The van der Waals surface area contributed by atoms with E-state index in [4.69, 9.17) is 5.73 Å². The van der Waals surface area contributed by atoms with Gasteiger partial charge in [-0.3, -0.25) is 14.6 Å². The highest BCUT2D eigenvalue weighted by molar-refractivity contribution is 5.94. The number of amides is 2. The van der Waals surface area contributed by atoms with Crippen LogP contribution in [0, 0.1) is 23.4 Å². The van der Waals surface area contributed by atoms with E-state index in [-0.39, 0.29) is 23.8 Å². The third-order valence-electron chi connectivity index (χ3n) is 4.91. The van der Waals surface area contributed by atoms with Gasteiger partial charge in [0.1, 0.15) is 17.5 Å². The molecule has 2 amide bonds. The van der Waals surface area contributed by atoms with Crippen molar-refractivity contribution < 1.29 is 22.8 Å². The molecule has 0 aliphatic carbocycles. The van der Waals surface area contributed by atoms with Crippen molar-refractivity contribution in [2.24, 2.45) is 11.7 Å². The molecule has 1 aromatic heterocycles. The lowest BCUT2D eigenvalue weighted by molar-refractivity contribution is -0.124. The molecule has 1 unspecified atom stereocenters. The minimum atomic E-state index is -0.922. The summed E-state index contributed by atoms with van der Waals surface area (Å²) in [6.45, 7) is 3.43. The number of hydrogen-bond acceptors (Lipinski definition) is 3. The van der Waals surface area contributed by atoms with Gasteiger partial charge < -0.3 is 11.1 Å². The number of aromatic nitrogens is 1. The molecule has 3 rings (SSSR count). The Hall–Kier alpha value is -3.68. The van der Waals surface area contributed by atoms with E-state index in [9.17, 15) is 22.8 Å². The molecular formula is C24H22F3N3O2. The van der Waals surface area contributed by atoms with Crippen LogP contribution >= 0.6 is 0 Å². The maximum atomic E-state index is 14.0. The van der Waals surface area contributed by atoms with Crippen molar-refractivity contribution >= 4 is 11.8 Å². The molecule has 0 radical (unpaired) electrons. The molecule has 0 fully saturated rings. The van der Waals surface area contributed by atoms with Crippen LogP contribution in [-0.2, 0) is 11.2 Å². The number of nitrogens with one attached hydrogen (secondary N) is 1. The van der Waals surface area contributed by atoms with Gasteiger partial charge in [0.15, 0.2) is 0 Å². The summed E-state index contributed by atoms with van der Waals surface area (Å²) in [4.78, 5) is 28.5. The Labute approximate surface area is 183 Å². The number of carbonyl (C=O) groups excluding carboxylic acids is 2. The molecule has 0 bridgehead atoms. The van der Waals surface area contributed by atoms with E-state index in [0.29, 0.717) is 22.4 Å². The number of rotatable bonds is 7. The number of carbonyl (C=O) groups is 2. The summed E-state index contributed by atoms with van der Waals surface area (Å²) >= 11 is 0. The lowest BCUT2D eigenvalue weighted by atomic mass is 9.94. The monoisotopic (exact) mass is 441 g/mol. The van der Waals surface area contributed by atoms with Crippen LogP contribution in [-0.4, -0.2) is 16.8 Å². The predicted molar refractivity (Wildman–Crippen MR) is 114 cm³/mol. The van der Waals surface area contributed by atoms with Crippen LogP contribution in [0.15, 0.2) is 54.7 Å². The molecule has 0 saturated carbocycles. The van der Waals surface area contributed by atoms with Crippen molar-refractivity contribution in [2.75, 3.05) is 0 Å². The van der Waals surface area contributed by atoms with Crippen molar-refractivity contribution in [3.05, 3.63) is 89.0 Å². The third-order valence-corrected chi connectivity index (χ3v) is 4.91. The zero-order valence-corrected chi connectivity index (χ0v) is 17.5. The summed E-state index contributed by atoms with van der Waals surface area (Å²) in [5.41, 5.74) is 6.67. The van der Waals surface area contributed by atoms with E-state index >= 15 is 0 Å². The minimum absolute atomic E-state index is 0.0566. The second-order valence-electron chi connectivity index (χ2n) is 7.69. The van der Waals surface area contributed by atoms with Gasteiger partial charge in [0, 0.05) is 23.7 Å². The molecule has 1 heterocycles. The van der Waals surface area contributed by atoms with E-state index in [1.807, 2.05) is 0 Å². The zero-order valence-electron chi connectivity index (χ0n) is 17.5. The average molecular weight is 441 g/mol. The van der Waals surface area contributed by atoms with Gasteiger partial charge in [-0.25, -0.2) is 13.2 Å². The van der Waals surface area contributed by atoms with Gasteiger partial charge in [-0.15, -0.1) is 0 Å². The fourth-order valence-electron chi connectivity index (χ4n) is 3.34. The van der Waals surface area contributed by atoms with Gasteiger partial charge in [-0.1, -0.05) is 26.0 Å².